The molecule has 1 aromatic carbocycles. The van der Waals surface area contributed by atoms with Crippen LogP contribution in [-0.4, -0.2) is 45.4 Å². The van der Waals surface area contributed by atoms with Gasteiger partial charge in [0.05, 0.1) is 27.4 Å². The van der Waals surface area contributed by atoms with Crippen molar-refractivity contribution in [2.24, 2.45) is 0 Å². The first-order chi connectivity index (χ1) is 16.1. The molecule has 0 radical (unpaired) electrons. The summed E-state index contributed by atoms with van der Waals surface area (Å²) in [6.07, 6.45) is 6.50. The predicted octanol–water partition coefficient (Wildman–Crippen LogP) is 5.15. The summed E-state index contributed by atoms with van der Waals surface area (Å²) in [5.41, 5.74) is 1.82. The molecule has 2 aromatic heterocycles. The van der Waals surface area contributed by atoms with E-state index < -0.39 is 11.6 Å². The van der Waals surface area contributed by atoms with E-state index in [-0.39, 0.29) is 18.1 Å². The van der Waals surface area contributed by atoms with Crippen molar-refractivity contribution in [1.29, 1.82) is 0 Å². The van der Waals surface area contributed by atoms with Crippen LogP contribution in [0.4, 0.5) is 14.7 Å². The van der Waals surface area contributed by atoms with E-state index in [0.29, 0.717) is 36.1 Å². The number of benzene rings is 1. The molecule has 5 rings (SSSR count). The average Bonchev–Trinajstić information content (AvgIpc) is 3.29. The van der Waals surface area contributed by atoms with Crippen LogP contribution in [0.2, 0.25) is 0 Å². The summed E-state index contributed by atoms with van der Waals surface area (Å²) in [5, 5.41) is 14.1. The molecule has 9 heteroatoms. The third-order valence-electron chi connectivity index (χ3n) is 6.33. The van der Waals surface area contributed by atoms with Crippen molar-refractivity contribution in [3.05, 3.63) is 47.1 Å². The van der Waals surface area contributed by atoms with Gasteiger partial charge >= 0.3 is 0 Å². The summed E-state index contributed by atoms with van der Waals surface area (Å²) in [7, 11) is 0. The van der Waals surface area contributed by atoms with Crippen LogP contribution < -0.4 is 5.32 Å². The van der Waals surface area contributed by atoms with Crippen molar-refractivity contribution >= 4 is 17.3 Å². The number of hydrogen-bond donors (Lipinski definition) is 2. The Balaban J connectivity index is 1.49. The minimum absolute atomic E-state index is 0.216. The highest BCUT2D eigenvalue weighted by molar-refractivity contribution is 7.15. The van der Waals surface area contributed by atoms with Crippen LogP contribution in [0.15, 0.2) is 30.5 Å². The molecule has 2 aliphatic rings. The smallest absolute Gasteiger partial charge is 0.223 e. The molecule has 0 bridgehead atoms. The van der Waals surface area contributed by atoms with E-state index in [0.717, 1.165) is 54.5 Å². The van der Waals surface area contributed by atoms with Gasteiger partial charge in [-0.2, -0.15) is 0 Å². The maximum absolute atomic E-state index is 14.0. The number of ether oxygens (including phenoxy) is 1. The summed E-state index contributed by atoms with van der Waals surface area (Å²) < 4.78 is 33.1. The van der Waals surface area contributed by atoms with E-state index in [1.807, 2.05) is 6.07 Å². The molecule has 174 valence electrons. The van der Waals surface area contributed by atoms with E-state index in [9.17, 15) is 13.9 Å². The van der Waals surface area contributed by atoms with Crippen LogP contribution in [0.1, 0.15) is 49.5 Å². The molecule has 0 spiro atoms. The van der Waals surface area contributed by atoms with Crippen LogP contribution in [0.3, 0.4) is 0 Å². The maximum Gasteiger partial charge on any atom is 0.223 e. The lowest BCUT2D eigenvalue weighted by atomic mass is 9.93. The lowest BCUT2D eigenvalue weighted by Crippen LogP contribution is -2.28. The summed E-state index contributed by atoms with van der Waals surface area (Å²) >= 11 is 1.55. The number of aromatic nitrogens is 3. The Morgan fingerprint density at radius 2 is 1.76 bits per heavy atom. The number of nitrogens with one attached hydrogen (secondary N) is 1. The van der Waals surface area contributed by atoms with E-state index in [4.69, 9.17) is 14.7 Å². The van der Waals surface area contributed by atoms with Gasteiger partial charge in [0.15, 0.2) is 11.6 Å². The molecule has 2 N–H and O–H groups in total. The highest BCUT2D eigenvalue weighted by Crippen LogP contribution is 2.41. The Morgan fingerprint density at radius 3 is 2.52 bits per heavy atom. The molecular formula is C24H26F2N4O2S. The number of aliphatic hydroxyl groups is 1. The van der Waals surface area contributed by atoms with Crippen molar-refractivity contribution in [2.45, 2.75) is 56.6 Å². The maximum atomic E-state index is 14.0. The van der Waals surface area contributed by atoms with Crippen molar-refractivity contribution in [3.63, 3.8) is 0 Å². The molecule has 1 saturated heterocycles. The summed E-state index contributed by atoms with van der Waals surface area (Å²) in [6.45, 7) is 1.38. The number of hydrogen-bond acceptors (Lipinski definition) is 7. The summed E-state index contributed by atoms with van der Waals surface area (Å²) in [4.78, 5) is 14.8. The molecule has 2 fully saturated rings. The molecule has 6 nitrogen and oxygen atoms in total. The monoisotopic (exact) mass is 472 g/mol. The Labute approximate surface area is 195 Å². The van der Waals surface area contributed by atoms with E-state index >= 15 is 0 Å². The third-order valence-corrected chi connectivity index (χ3v) is 7.57. The molecule has 0 unspecified atom stereocenters. The fraction of sp³-hybridized carbons (Fsp3) is 0.458. The van der Waals surface area contributed by atoms with Gasteiger partial charge in [0.1, 0.15) is 0 Å². The van der Waals surface area contributed by atoms with Crippen LogP contribution in [0.25, 0.3) is 21.8 Å². The SMILES string of the molecule is OC1CCC(Nc2nccc(-c3sc(C4CCOCC4)nc3-c3ccc(F)c(F)c3)n2)CC1. The Bertz CT molecular complexity index is 1110. The molecule has 3 aromatic rings. The van der Waals surface area contributed by atoms with Gasteiger partial charge in [0, 0.05) is 36.9 Å². The van der Waals surface area contributed by atoms with Gasteiger partial charge in [-0.3, -0.25) is 0 Å². The fourth-order valence-corrected chi connectivity index (χ4v) is 5.65. The van der Waals surface area contributed by atoms with Gasteiger partial charge in [-0.25, -0.2) is 23.7 Å². The van der Waals surface area contributed by atoms with Gasteiger partial charge in [0.2, 0.25) is 5.95 Å². The van der Waals surface area contributed by atoms with Crippen molar-refractivity contribution in [2.75, 3.05) is 18.5 Å². The van der Waals surface area contributed by atoms with Gasteiger partial charge in [-0.05, 0) is 62.8 Å². The Morgan fingerprint density at radius 1 is 0.970 bits per heavy atom. The first-order valence-electron chi connectivity index (χ1n) is 11.4. The van der Waals surface area contributed by atoms with E-state index in [1.165, 1.54) is 6.07 Å². The topological polar surface area (TPSA) is 80.2 Å². The number of thiazole rings is 1. The number of rotatable bonds is 5. The normalized spacial score (nSPS) is 21.8. The van der Waals surface area contributed by atoms with E-state index in [1.54, 1.807) is 23.6 Å². The van der Waals surface area contributed by atoms with Crippen LogP contribution in [0, 0.1) is 11.6 Å². The Hall–Kier alpha value is -2.49. The zero-order valence-electron chi connectivity index (χ0n) is 18.1. The van der Waals surface area contributed by atoms with Crippen LogP contribution >= 0.6 is 11.3 Å². The number of halogens is 2. The molecule has 3 heterocycles. The molecular weight excluding hydrogens is 446 g/mol. The minimum Gasteiger partial charge on any atom is -0.393 e. The third kappa shape index (κ3) is 5.05. The zero-order chi connectivity index (χ0) is 22.8. The van der Waals surface area contributed by atoms with E-state index in [2.05, 4.69) is 10.3 Å². The summed E-state index contributed by atoms with van der Waals surface area (Å²) in [6, 6.07) is 5.91. The first kappa shape index (κ1) is 22.3. The van der Waals surface area contributed by atoms with Crippen molar-refractivity contribution in [3.8, 4) is 21.8 Å². The Kier molecular flexibility index (Phi) is 6.62. The second-order valence-corrected chi connectivity index (χ2v) is 9.69. The molecule has 0 amide bonds. The van der Waals surface area contributed by atoms with Crippen molar-refractivity contribution < 1.29 is 18.6 Å². The van der Waals surface area contributed by atoms with Gasteiger partial charge in [-0.1, -0.05) is 0 Å². The number of nitrogens with zero attached hydrogens (tertiary/aromatic N) is 3. The number of anilines is 1. The first-order valence-corrected chi connectivity index (χ1v) is 12.2. The second-order valence-electron chi connectivity index (χ2n) is 8.66. The predicted molar refractivity (Wildman–Crippen MR) is 123 cm³/mol. The molecule has 0 atom stereocenters. The standard InChI is InChI=1S/C24H26F2N4O2S/c25-18-6-1-15(13-19(18)26)21-22(33-23(30-21)14-8-11-32-12-9-14)20-7-10-27-24(29-20)28-16-2-4-17(31)5-3-16/h1,6-7,10,13-14,16-17,31H,2-5,8-9,11-12H2,(H,27,28,29). The largest absolute Gasteiger partial charge is 0.393 e. The molecule has 1 saturated carbocycles. The highest BCUT2D eigenvalue weighted by Gasteiger charge is 2.25. The van der Waals surface area contributed by atoms with Crippen LogP contribution in [-0.2, 0) is 4.74 Å². The van der Waals surface area contributed by atoms with Crippen LogP contribution in [0.5, 0.6) is 0 Å². The quantitative estimate of drug-likeness (QED) is 0.534. The number of aliphatic hydroxyl groups excluding tert-OH is 1. The van der Waals surface area contributed by atoms with Gasteiger partial charge in [0.25, 0.3) is 0 Å². The second kappa shape index (κ2) is 9.79. The zero-order valence-corrected chi connectivity index (χ0v) is 19.0. The highest BCUT2D eigenvalue weighted by atomic mass is 32.1. The lowest BCUT2D eigenvalue weighted by Gasteiger charge is -2.26. The average molecular weight is 473 g/mol. The van der Waals surface area contributed by atoms with Gasteiger partial charge < -0.3 is 15.2 Å². The fourth-order valence-electron chi connectivity index (χ4n) is 4.43. The molecule has 33 heavy (non-hydrogen) atoms. The minimum atomic E-state index is -0.899. The van der Waals surface area contributed by atoms with Gasteiger partial charge in [-0.15, -0.1) is 11.3 Å². The molecule has 1 aliphatic heterocycles. The van der Waals surface area contributed by atoms with Crippen molar-refractivity contribution in [1.82, 2.24) is 15.0 Å². The lowest BCUT2D eigenvalue weighted by molar-refractivity contribution is 0.0853. The summed E-state index contributed by atoms with van der Waals surface area (Å²) in [5.74, 6) is -0.990. The molecule has 1 aliphatic carbocycles.